The van der Waals surface area contributed by atoms with Crippen LogP contribution in [0.15, 0.2) is 15.9 Å². The number of aliphatic hydroxyl groups is 1. The zero-order chi connectivity index (χ0) is 17.9. The van der Waals surface area contributed by atoms with Crippen molar-refractivity contribution in [1.82, 2.24) is 18.7 Å². The number of imidazole rings is 1. The molecule has 0 aliphatic heterocycles. The fourth-order valence-corrected chi connectivity index (χ4v) is 3.35. The van der Waals surface area contributed by atoms with Crippen molar-refractivity contribution in [2.45, 2.75) is 37.6 Å². The third kappa shape index (κ3) is 2.36. The van der Waals surface area contributed by atoms with Crippen LogP contribution in [0.2, 0.25) is 0 Å². The van der Waals surface area contributed by atoms with E-state index in [9.17, 15) is 27.9 Å². The predicted octanol–water partition coefficient (Wildman–Crippen LogP) is 0.527. The van der Waals surface area contributed by atoms with Gasteiger partial charge in [-0.15, -0.1) is 0 Å². The summed E-state index contributed by atoms with van der Waals surface area (Å²) in [7, 11) is 3.05. The van der Waals surface area contributed by atoms with Crippen LogP contribution in [-0.4, -0.2) is 35.6 Å². The molecule has 2 aromatic heterocycles. The highest BCUT2D eigenvalue weighted by Crippen LogP contribution is 2.45. The number of alkyl halides is 3. The van der Waals surface area contributed by atoms with Crippen molar-refractivity contribution < 1.29 is 18.3 Å². The van der Waals surface area contributed by atoms with Crippen LogP contribution < -0.4 is 11.2 Å². The molecule has 24 heavy (non-hydrogen) atoms. The van der Waals surface area contributed by atoms with E-state index in [0.29, 0.717) is 0 Å². The number of halogens is 3. The molecule has 0 amide bonds. The molecular weight excluding hydrogens is 329 g/mol. The van der Waals surface area contributed by atoms with Crippen molar-refractivity contribution in [3.8, 4) is 0 Å². The summed E-state index contributed by atoms with van der Waals surface area (Å²) in [5, 5.41) is 9.74. The second-order valence-corrected chi connectivity index (χ2v) is 6.42. The van der Waals surface area contributed by atoms with Crippen molar-refractivity contribution >= 4 is 11.2 Å². The Morgan fingerprint density at radius 2 is 2.04 bits per heavy atom. The summed E-state index contributed by atoms with van der Waals surface area (Å²) in [6, 6.07) is 0. The third-order valence-electron chi connectivity index (χ3n) is 4.76. The molecule has 2 aromatic rings. The minimum atomic E-state index is -4.72. The number of fused-ring (bicyclic) bond motifs is 1. The molecule has 0 aromatic carbocycles. The highest BCUT2D eigenvalue weighted by Gasteiger charge is 2.57. The summed E-state index contributed by atoms with van der Waals surface area (Å²) in [5.74, 6) is -0.604. The van der Waals surface area contributed by atoms with Gasteiger partial charge in [-0.05, 0) is 25.2 Å². The molecule has 1 aliphatic carbocycles. The van der Waals surface area contributed by atoms with Gasteiger partial charge < -0.3 is 9.67 Å². The Kier molecular flexibility index (Phi) is 3.63. The summed E-state index contributed by atoms with van der Waals surface area (Å²) < 4.78 is 42.3. The number of hydrogen-bond donors (Lipinski definition) is 1. The van der Waals surface area contributed by atoms with Crippen molar-refractivity contribution in [3.05, 3.63) is 27.2 Å². The number of nitrogens with zero attached hydrogens (tertiary/aromatic N) is 4. The first kappa shape index (κ1) is 16.7. The van der Waals surface area contributed by atoms with Crippen molar-refractivity contribution in [2.24, 2.45) is 20.0 Å². The lowest BCUT2D eigenvalue weighted by Gasteiger charge is -2.25. The molecule has 132 valence electrons. The van der Waals surface area contributed by atoms with Gasteiger partial charge in [-0.2, -0.15) is 13.2 Å². The second kappa shape index (κ2) is 5.20. The largest absolute Gasteiger partial charge is 0.417 e. The maximum absolute atomic E-state index is 12.9. The summed E-state index contributed by atoms with van der Waals surface area (Å²) in [4.78, 5) is 28.9. The van der Waals surface area contributed by atoms with Crippen LogP contribution in [-0.2, 0) is 20.6 Å². The first-order valence-corrected chi connectivity index (χ1v) is 7.45. The van der Waals surface area contributed by atoms with Crippen LogP contribution in [0.4, 0.5) is 13.2 Å². The Morgan fingerprint density at radius 3 is 2.62 bits per heavy atom. The summed E-state index contributed by atoms with van der Waals surface area (Å²) in [6.45, 7) is -0.162. The minimum absolute atomic E-state index is 0.0923. The van der Waals surface area contributed by atoms with Crippen LogP contribution in [0.3, 0.4) is 0 Å². The molecule has 0 radical (unpaired) electrons. The molecule has 1 N–H and O–H groups in total. The first-order chi connectivity index (χ1) is 11.0. The molecule has 0 saturated heterocycles. The van der Waals surface area contributed by atoms with E-state index in [1.807, 2.05) is 0 Å². The van der Waals surface area contributed by atoms with E-state index in [1.165, 1.54) is 22.5 Å². The first-order valence-electron chi connectivity index (χ1n) is 7.45. The Hall–Kier alpha value is -2.10. The third-order valence-corrected chi connectivity index (χ3v) is 4.76. The van der Waals surface area contributed by atoms with E-state index in [4.69, 9.17) is 0 Å². The van der Waals surface area contributed by atoms with Crippen LogP contribution in [0, 0.1) is 5.92 Å². The van der Waals surface area contributed by atoms with Crippen LogP contribution in [0.25, 0.3) is 11.2 Å². The molecule has 10 heteroatoms. The number of hydrogen-bond acceptors (Lipinski definition) is 4. The molecule has 1 fully saturated rings. The maximum atomic E-state index is 12.9. The van der Waals surface area contributed by atoms with E-state index in [2.05, 4.69) is 4.98 Å². The van der Waals surface area contributed by atoms with Gasteiger partial charge in [0.05, 0.1) is 6.33 Å². The van der Waals surface area contributed by atoms with Gasteiger partial charge >= 0.3 is 11.9 Å². The molecule has 1 saturated carbocycles. The van der Waals surface area contributed by atoms with Gasteiger partial charge in [-0.25, -0.2) is 9.78 Å². The quantitative estimate of drug-likeness (QED) is 0.860. The lowest BCUT2D eigenvalue weighted by Crippen LogP contribution is -2.44. The Labute approximate surface area is 134 Å². The topological polar surface area (TPSA) is 82.1 Å². The zero-order valence-electron chi connectivity index (χ0n) is 13.2. The monoisotopic (exact) mass is 346 g/mol. The molecule has 0 spiro atoms. The Morgan fingerprint density at radius 1 is 1.38 bits per heavy atom. The average Bonchev–Trinajstić information content (AvgIpc) is 3.05. The molecule has 1 aliphatic rings. The molecular formula is C14H17F3N4O3. The predicted molar refractivity (Wildman–Crippen MR) is 78.6 cm³/mol. The number of aromatic nitrogens is 4. The minimum Gasteiger partial charge on any atom is -0.380 e. The van der Waals surface area contributed by atoms with Gasteiger partial charge in [0.25, 0.3) is 5.56 Å². The molecule has 7 nitrogen and oxygen atoms in total. The Balaban J connectivity index is 1.99. The summed E-state index contributed by atoms with van der Waals surface area (Å²) >= 11 is 0. The van der Waals surface area contributed by atoms with Crippen molar-refractivity contribution in [2.75, 3.05) is 0 Å². The van der Waals surface area contributed by atoms with Crippen molar-refractivity contribution in [3.63, 3.8) is 0 Å². The smallest absolute Gasteiger partial charge is 0.380 e. The van der Waals surface area contributed by atoms with Gasteiger partial charge in [-0.1, -0.05) is 0 Å². The van der Waals surface area contributed by atoms with Gasteiger partial charge in [-0.3, -0.25) is 13.9 Å². The normalized spacial score (nSPS) is 24.8. The van der Waals surface area contributed by atoms with Crippen LogP contribution >= 0.6 is 0 Å². The molecule has 2 atom stereocenters. The zero-order valence-corrected chi connectivity index (χ0v) is 13.2. The van der Waals surface area contributed by atoms with Gasteiger partial charge in [0.1, 0.15) is 0 Å². The maximum Gasteiger partial charge on any atom is 0.417 e. The van der Waals surface area contributed by atoms with E-state index in [-0.39, 0.29) is 24.1 Å². The van der Waals surface area contributed by atoms with Crippen LogP contribution in [0.1, 0.15) is 19.3 Å². The molecule has 2 heterocycles. The van der Waals surface area contributed by atoms with Gasteiger partial charge in [0, 0.05) is 20.6 Å². The molecule has 3 rings (SSSR count). The molecule has 1 unspecified atom stereocenters. The van der Waals surface area contributed by atoms with Gasteiger partial charge in [0.2, 0.25) is 0 Å². The van der Waals surface area contributed by atoms with Crippen molar-refractivity contribution in [1.29, 1.82) is 0 Å². The van der Waals surface area contributed by atoms with E-state index in [0.717, 1.165) is 4.57 Å². The standard InChI is InChI=1S/C14H17F3N4O3/c1-19-7-18-10-9(19)11(22)21(12(23)20(10)2)6-8-3-4-13(24,5-8)14(15,16)17/h7-8,24H,3-6H2,1-2H3/t8-,13?/m0/s1. The number of rotatable bonds is 2. The lowest BCUT2D eigenvalue weighted by atomic mass is 9.99. The highest BCUT2D eigenvalue weighted by molar-refractivity contribution is 5.69. The van der Waals surface area contributed by atoms with E-state index >= 15 is 0 Å². The highest BCUT2D eigenvalue weighted by atomic mass is 19.4. The average molecular weight is 346 g/mol. The van der Waals surface area contributed by atoms with E-state index < -0.39 is 41.8 Å². The lowest BCUT2D eigenvalue weighted by molar-refractivity contribution is -0.258. The van der Waals surface area contributed by atoms with Gasteiger partial charge in [0.15, 0.2) is 16.8 Å². The Bertz CT molecular complexity index is 911. The van der Waals surface area contributed by atoms with E-state index in [1.54, 1.807) is 7.05 Å². The fraction of sp³-hybridized carbons (Fsp3) is 0.643. The second-order valence-electron chi connectivity index (χ2n) is 6.42. The summed E-state index contributed by atoms with van der Waals surface area (Å²) in [5.41, 5.74) is -3.53. The number of aryl methyl sites for hydroxylation is 2. The molecule has 0 bridgehead atoms. The summed E-state index contributed by atoms with van der Waals surface area (Å²) in [6.07, 6.45) is -4.17. The fourth-order valence-electron chi connectivity index (χ4n) is 3.35. The SMILES string of the molecule is Cn1cnc2c1c(=O)n(C[C@H]1CCC(O)(C(F)(F)F)C1)c(=O)n2C. The van der Waals surface area contributed by atoms with Crippen LogP contribution in [0.5, 0.6) is 0 Å².